The van der Waals surface area contributed by atoms with Crippen LogP contribution in [0.1, 0.15) is 28.8 Å². The van der Waals surface area contributed by atoms with Gasteiger partial charge in [0.2, 0.25) is 0 Å². The van der Waals surface area contributed by atoms with Crippen molar-refractivity contribution < 1.29 is 9.90 Å². The highest BCUT2D eigenvalue weighted by atomic mass is 16.4. The van der Waals surface area contributed by atoms with Crippen LogP contribution in [0.2, 0.25) is 0 Å². The third-order valence-electron chi connectivity index (χ3n) is 4.10. The summed E-state index contributed by atoms with van der Waals surface area (Å²) in [5.41, 5.74) is 1.32. The molecule has 1 aliphatic heterocycles. The van der Waals surface area contributed by atoms with Gasteiger partial charge < -0.3 is 14.9 Å². The third kappa shape index (κ3) is 4.05. The van der Waals surface area contributed by atoms with Crippen molar-refractivity contribution >= 4 is 5.97 Å². The van der Waals surface area contributed by atoms with E-state index in [4.69, 9.17) is 0 Å². The number of carbonyl (C=O) groups is 1. The van der Waals surface area contributed by atoms with Gasteiger partial charge in [0.1, 0.15) is 0 Å². The Morgan fingerprint density at radius 3 is 2.65 bits per heavy atom. The summed E-state index contributed by atoms with van der Waals surface area (Å²) in [5.74, 6) is -0.110. The molecule has 0 bridgehead atoms. The highest BCUT2D eigenvalue weighted by Gasteiger charge is 2.19. The molecule has 0 atom stereocenters. The molecule has 0 aliphatic carbocycles. The number of hydrogen-bond donors (Lipinski definition) is 1. The summed E-state index contributed by atoms with van der Waals surface area (Å²) in [5, 5.41) is 9.21. The molecule has 0 saturated carbocycles. The Bertz CT molecular complexity index is 454. The zero-order chi connectivity index (χ0) is 14.5. The molecule has 110 valence electrons. The van der Waals surface area contributed by atoms with Gasteiger partial charge in [0.05, 0.1) is 5.56 Å². The van der Waals surface area contributed by atoms with Crippen LogP contribution in [0.5, 0.6) is 0 Å². The Morgan fingerprint density at radius 2 is 2.00 bits per heavy atom. The van der Waals surface area contributed by atoms with E-state index < -0.39 is 5.97 Å². The number of aromatic carboxylic acids is 1. The van der Waals surface area contributed by atoms with Gasteiger partial charge in [0.15, 0.2) is 0 Å². The predicted molar refractivity (Wildman–Crippen MR) is 80.0 cm³/mol. The van der Waals surface area contributed by atoms with Crippen LogP contribution in [0.25, 0.3) is 0 Å². The first kappa shape index (κ1) is 15.0. The van der Waals surface area contributed by atoms with Gasteiger partial charge in [-0.25, -0.2) is 4.79 Å². The van der Waals surface area contributed by atoms with E-state index in [9.17, 15) is 9.90 Å². The molecule has 1 aromatic carbocycles. The molecule has 1 N–H and O–H groups in total. The molecule has 20 heavy (non-hydrogen) atoms. The lowest BCUT2D eigenvalue weighted by Crippen LogP contribution is -2.35. The lowest BCUT2D eigenvalue weighted by molar-refractivity contribution is 0.0694. The minimum absolute atomic E-state index is 0.419. The van der Waals surface area contributed by atoms with Crippen LogP contribution in [0.3, 0.4) is 0 Å². The molecule has 1 fully saturated rings. The number of nitrogens with zero attached hydrogens (tertiary/aromatic N) is 2. The van der Waals surface area contributed by atoms with Gasteiger partial charge in [-0.15, -0.1) is 0 Å². The fraction of sp³-hybridized carbons (Fsp3) is 0.562. The Morgan fingerprint density at radius 1 is 1.35 bits per heavy atom. The minimum Gasteiger partial charge on any atom is -0.478 e. The van der Waals surface area contributed by atoms with Crippen LogP contribution >= 0.6 is 0 Å². The maximum atomic E-state index is 11.2. The monoisotopic (exact) mass is 276 g/mol. The second kappa shape index (κ2) is 6.86. The number of carboxylic acid groups (broad SMARTS) is 1. The van der Waals surface area contributed by atoms with E-state index in [1.165, 1.54) is 25.9 Å². The van der Waals surface area contributed by atoms with E-state index in [-0.39, 0.29) is 0 Å². The molecule has 4 nitrogen and oxygen atoms in total. The number of hydrogen-bond acceptors (Lipinski definition) is 3. The van der Waals surface area contributed by atoms with Crippen LogP contribution in [-0.2, 0) is 6.54 Å². The maximum absolute atomic E-state index is 11.2. The van der Waals surface area contributed by atoms with E-state index in [0.717, 1.165) is 18.0 Å². The van der Waals surface area contributed by atoms with E-state index in [2.05, 4.69) is 23.9 Å². The van der Waals surface area contributed by atoms with Gasteiger partial charge in [-0.2, -0.15) is 0 Å². The van der Waals surface area contributed by atoms with Crippen molar-refractivity contribution in [2.45, 2.75) is 19.4 Å². The van der Waals surface area contributed by atoms with Gasteiger partial charge in [-0.1, -0.05) is 18.2 Å². The quantitative estimate of drug-likeness (QED) is 0.895. The fourth-order valence-corrected chi connectivity index (χ4v) is 2.91. The van der Waals surface area contributed by atoms with E-state index in [0.29, 0.717) is 12.1 Å². The standard InChI is InChI=1S/C16H24N2O2/c1-17-9-7-13(8-10-17)11-18(2)12-14-5-3-4-6-15(14)16(19)20/h3-6,13H,7-12H2,1-2H3,(H,19,20). The second-order valence-electron chi connectivity index (χ2n) is 5.91. The van der Waals surface area contributed by atoms with Crippen molar-refractivity contribution in [2.24, 2.45) is 5.92 Å². The third-order valence-corrected chi connectivity index (χ3v) is 4.10. The normalized spacial score (nSPS) is 17.6. The highest BCUT2D eigenvalue weighted by Crippen LogP contribution is 2.18. The van der Waals surface area contributed by atoms with Gasteiger partial charge in [-0.3, -0.25) is 0 Å². The topological polar surface area (TPSA) is 43.8 Å². The molecule has 0 unspecified atom stereocenters. The number of piperidine rings is 1. The van der Waals surface area contributed by atoms with Gasteiger partial charge in [0.25, 0.3) is 0 Å². The first-order valence-electron chi connectivity index (χ1n) is 7.24. The van der Waals surface area contributed by atoms with Crippen molar-refractivity contribution in [2.75, 3.05) is 33.7 Å². The first-order valence-corrected chi connectivity index (χ1v) is 7.24. The van der Waals surface area contributed by atoms with Gasteiger partial charge >= 0.3 is 5.97 Å². The summed E-state index contributed by atoms with van der Waals surface area (Å²) >= 11 is 0. The van der Waals surface area contributed by atoms with Gasteiger partial charge in [0, 0.05) is 13.1 Å². The maximum Gasteiger partial charge on any atom is 0.336 e. The summed E-state index contributed by atoms with van der Waals surface area (Å²) < 4.78 is 0. The Labute approximate surface area is 121 Å². The molecule has 1 heterocycles. The number of carboxylic acids is 1. The molecule has 2 rings (SSSR count). The average molecular weight is 276 g/mol. The summed E-state index contributed by atoms with van der Waals surface area (Å²) in [6, 6.07) is 7.28. The molecule has 1 aromatic rings. The Kier molecular flexibility index (Phi) is 5.15. The minimum atomic E-state index is -0.840. The molecular formula is C16H24N2O2. The van der Waals surface area contributed by atoms with Crippen LogP contribution in [-0.4, -0.2) is 54.6 Å². The Hall–Kier alpha value is -1.39. The van der Waals surface area contributed by atoms with E-state index >= 15 is 0 Å². The molecule has 0 aromatic heterocycles. The van der Waals surface area contributed by atoms with Crippen molar-refractivity contribution in [3.63, 3.8) is 0 Å². The van der Waals surface area contributed by atoms with E-state index in [1.807, 2.05) is 12.1 Å². The molecule has 4 heteroatoms. The lowest BCUT2D eigenvalue weighted by atomic mass is 9.96. The van der Waals surface area contributed by atoms with Crippen LogP contribution < -0.4 is 0 Å². The van der Waals surface area contributed by atoms with Crippen molar-refractivity contribution in [1.29, 1.82) is 0 Å². The van der Waals surface area contributed by atoms with E-state index in [1.54, 1.807) is 12.1 Å². The summed E-state index contributed by atoms with van der Waals surface area (Å²) in [6.07, 6.45) is 2.48. The molecule has 1 saturated heterocycles. The molecule has 1 aliphatic rings. The lowest BCUT2D eigenvalue weighted by Gasteiger charge is -2.31. The number of rotatable bonds is 5. The molecular weight excluding hydrogens is 252 g/mol. The number of likely N-dealkylation sites (tertiary alicyclic amines) is 1. The first-order chi connectivity index (χ1) is 9.56. The Balaban J connectivity index is 1.91. The van der Waals surface area contributed by atoms with Crippen molar-refractivity contribution in [3.05, 3.63) is 35.4 Å². The summed E-state index contributed by atoms with van der Waals surface area (Å²) in [7, 11) is 4.25. The van der Waals surface area contributed by atoms with Crippen molar-refractivity contribution in [3.8, 4) is 0 Å². The summed E-state index contributed by atoms with van der Waals surface area (Å²) in [4.78, 5) is 15.8. The SMILES string of the molecule is CN1CCC(CN(C)Cc2ccccc2C(=O)O)CC1. The average Bonchev–Trinajstić information content (AvgIpc) is 2.41. The number of benzene rings is 1. The highest BCUT2D eigenvalue weighted by molar-refractivity contribution is 5.89. The summed E-state index contributed by atoms with van der Waals surface area (Å²) in [6.45, 7) is 4.09. The van der Waals surface area contributed by atoms with Crippen LogP contribution in [0.15, 0.2) is 24.3 Å². The molecule has 0 radical (unpaired) electrons. The molecule has 0 spiro atoms. The largest absolute Gasteiger partial charge is 0.478 e. The van der Waals surface area contributed by atoms with Crippen molar-refractivity contribution in [1.82, 2.24) is 9.80 Å². The second-order valence-corrected chi connectivity index (χ2v) is 5.91. The van der Waals surface area contributed by atoms with Crippen LogP contribution in [0, 0.1) is 5.92 Å². The van der Waals surface area contributed by atoms with Crippen LogP contribution in [0.4, 0.5) is 0 Å². The predicted octanol–water partition coefficient (Wildman–Crippen LogP) is 2.16. The smallest absolute Gasteiger partial charge is 0.336 e. The molecule has 0 amide bonds. The zero-order valence-electron chi connectivity index (χ0n) is 12.4. The fourth-order valence-electron chi connectivity index (χ4n) is 2.91. The van der Waals surface area contributed by atoms with Gasteiger partial charge in [-0.05, 0) is 57.6 Å². The zero-order valence-corrected chi connectivity index (χ0v) is 12.4.